The van der Waals surface area contributed by atoms with Gasteiger partial charge in [-0.1, -0.05) is 26.0 Å². The zero-order valence-corrected chi connectivity index (χ0v) is 13.7. The van der Waals surface area contributed by atoms with Gasteiger partial charge in [0.15, 0.2) is 0 Å². The monoisotopic (exact) mass is 319 g/mol. The molecule has 118 valence electrons. The second kappa shape index (κ2) is 7.84. The van der Waals surface area contributed by atoms with E-state index < -0.39 is 0 Å². The van der Waals surface area contributed by atoms with Crippen LogP contribution in [0, 0.1) is 0 Å². The molecule has 1 heterocycles. The highest BCUT2D eigenvalue weighted by molar-refractivity contribution is 7.14. The van der Waals surface area contributed by atoms with Crippen LogP contribution in [-0.4, -0.2) is 19.2 Å². The van der Waals surface area contributed by atoms with Crippen molar-refractivity contribution in [1.29, 1.82) is 0 Å². The van der Waals surface area contributed by atoms with Gasteiger partial charge >= 0.3 is 5.97 Å². The Morgan fingerprint density at radius 3 is 2.45 bits per heavy atom. The molecular formula is C17H21NO3S. The molecule has 5 heteroatoms. The smallest absolute Gasteiger partial charge is 0.341 e. The van der Waals surface area contributed by atoms with Crippen LogP contribution in [0.25, 0.3) is 11.1 Å². The first-order chi connectivity index (χ1) is 10.7. The number of hydrogen-bond donors (Lipinski definition) is 1. The molecular weight excluding hydrogens is 298 g/mol. The molecule has 0 saturated carbocycles. The Kier molecular flexibility index (Phi) is 5.83. The van der Waals surface area contributed by atoms with E-state index in [1.807, 2.05) is 36.6 Å². The molecule has 2 rings (SSSR count). The molecule has 0 unspecified atom stereocenters. The number of carbonyl (C=O) groups is 1. The Labute approximate surface area is 134 Å². The quantitative estimate of drug-likeness (QED) is 0.771. The number of esters is 1. The fraction of sp³-hybridized carbons (Fsp3) is 0.353. The lowest BCUT2D eigenvalue weighted by atomic mass is 10.0. The summed E-state index contributed by atoms with van der Waals surface area (Å²) in [6, 6.07) is 7.67. The Morgan fingerprint density at radius 2 is 1.82 bits per heavy atom. The van der Waals surface area contributed by atoms with Crippen LogP contribution in [0.3, 0.4) is 0 Å². The first kappa shape index (κ1) is 16.4. The number of anilines is 1. The predicted octanol–water partition coefficient (Wildman–Crippen LogP) is 4.35. The van der Waals surface area contributed by atoms with Gasteiger partial charge in [-0.2, -0.15) is 0 Å². The summed E-state index contributed by atoms with van der Waals surface area (Å²) in [5.74, 6) is 0.464. The molecule has 2 N–H and O–H groups in total. The molecule has 2 aromatic rings. The first-order valence-corrected chi connectivity index (χ1v) is 8.32. The van der Waals surface area contributed by atoms with E-state index in [0.29, 0.717) is 23.8 Å². The maximum absolute atomic E-state index is 12.2. The van der Waals surface area contributed by atoms with Gasteiger partial charge in [-0.15, -0.1) is 11.3 Å². The third-order valence-electron chi connectivity index (χ3n) is 3.10. The SMILES string of the molecule is CCCOC(=O)c1c(-c2ccc(OCCC)cc2)csc1N. The van der Waals surface area contributed by atoms with Crippen molar-refractivity contribution in [3.63, 3.8) is 0 Å². The third kappa shape index (κ3) is 3.80. The average Bonchev–Trinajstić information content (AvgIpc) is 2.93. The molecule has 1 aromatic carbocycles. The summed E-state index contributed by atoms with van der Waals surface area (Å²) in [6.45, 7) is 5.12. The van der Waals surface area contributed by atoms with Crippen molar-refractivity contribution in [2.75, 3.05) is 18.9 Å². The van der Waals surface area contributed by atoms with Crippen LogP contribution in [0.5, 0.6) is 5.75 Å². The van der Waals surface area contributed by atoms with Gasteiger partial charge in [-0.25, -0.2) is 4.79 Å². The van der Waals surface area contributed by atoms with Gasteiger partial charge < -0.3 is 15.2 Å². The van der Waals surface area contributed by atoms with E-state index >= 15 is 0 Å². The van der Waals surface area contributed by atoms with Crippen molar-refractivity contribution in [2.45, 2.75) is 26.7 Å². The summed E-state index contributed by atoms with van der Waals surface area (Å²) in [7, 11) is 0. The Morgan fingerprint density at radius 1 is 1.14 bits per heavy atom. The number of rotatable bonds is 7. The van der Waals surface area contributed by atoms with Crippen molar-refractivity contribution in [3.05, 3.63) is 35.2 Å². The van der Waals surface area contributed by atoms with Gasteiger partial charge in [0.25, 0.3) is 0 Å². The normalized spacial score (nSPS) is 10.5. The average molecular weight is 319 g/mol. The van der Waals surface area contributed by atoms with Gasteiger partial charge in [0.05, 0.1) is 13.2 Å². The van der Waals surface area contributed by atoms with Crippen molar-refractivity contribution in [3.8, 4) is 16.9 Å². The summed E-state index contributed by atoms with van der Waals surface area (Å²) in [5, 5.41) is 2.38. The van der Waals surface area contributed by atoms with Crippen LogP contribution in [-0.2, 0) is 4.74 Å². The van der Waals surface area contributed by atoms with E-state index in [1.54, 1.807) is 0 Å². The minimum Gasteiger partial charge on any atom is -0.494 e. The lowest BCUT2D eigenvalue weighted by Gasteiger charge is -2.08. The largest absolute Gasteiger partial charge is 0.494 e. The molecule has 0 aliphatic carbocycles. The summed E-state index contributed by atoms with van der Waals surface area (Å²) < 4.78 is 10.8. The van der Waals surface area contributed by atoms with Crippen LogP contribution in [0.4, 0.5) is 5.00 Å². The molecule has 0 saturated heterocycles. The molecule has 0 atom stereocenters. The lowest BCUT2D eigenvalue weighted by Crippen LogP contribution is -2.08. The highest BCUT2D eigenvalue weighted by atomic mass is 32.1. The molecule has 0 bridgehead atoms. The summed E-state index contributed by atoms with van der Waals surface area (Å²) in [6.07, 6.45) is 1.75. The Hall–Kier alpha value is -2.01. The van der Waals surface area contributed by atoms with E-state index in [0.717, 1.165) is 29.7 Å². The minimum absolute atomic E-state index is 0.359. The molecule has 0 aliphatic rings. The van der Waals surface area contributed by atoms with E-state index in [2.05, 4.69) is 6.92 Å². The van der Waals surface area contributed by atoms with Crippen molar-refractivity contribution in [2.24, 2.45) is 0 Å². The standard InChI is InChI=1S/C17H21NO3S/c1-3-9-20-13-7-5-12(6-8-13)14-11-22-16(18)15(14)17(19)21-10-4-2/h5-8,11H,3-4,9-10,18H2,1-2H3. The molecule has 0 aliphatic heterocycles. The molecule has 1 aromatic heterocycles. The highest BCUT2D eigenvalue weighted by Gasteiger charge is 2.19. The maximum atomic E-state index is 12.2. The Bertz CT molecular complexity index is 619. The van der Waals surface area contributed by atoms with Gasteiger partial charge in [0, 0.05) is 10.9 Å². The lowest BCUT2D eigenvalue weighted by molar-refractivity contribution is 0.0508. The van der Waals surface area contributed by atoms with Crippen molar-refractivity contribution >= 4 is 22.3 Å². The number of carbonyl (C=O) groups excluding carboxylic acids is 1. The predicted molar refractivity (Wildman–Crippen MR) is 90.5 cm³/mol. The number of nitrogens with two attached hydrogens (primary N) is 1. The molecule has 0 spiro atoms. The van der Waals surface area contributed by atoms with Crippen LogP contribution in [0.15, 0.2) is 29.6 Å². The summed E-state index contributed by atoms with van der Waals surface area (Å²) in [4.78, 5) is 12.2. The fourth-order valence-corrected chi connectivity index (χ4v) is 2.82. The first-order valence-electron chi connectivity index (χ1n) is 7.44. The number of ether oxygens (including phenoxy) is 2. The van der Waals surface area contributed by atoms with E-state index in [9.17, 15) is 4.79 Å². The number of benzene rings is 1. The maximum Gasteiger partial charge on any atom is 0.341 e. The van der Waals surface area contributed by atoms with E-state index in [4.69, 9.17) is 15.2 Å². The summed E-state index contributed by atoms with van der Waals surface area (Å²) >= 11 is 1.35. The fourth-order valence-electron chi connectivity index (χ4n) is 2.01. The van der Waals surface area contributed by atoms with Crippen LogP contribution in [0.2, 0.25) is 0 Å². The second-order valence-corrected chi connectivity index (χ2v) is 5.81. The molecule has 0 fully saturated rings. The van der Waals surface area contributed by atoms with Gasteiger partial charge in [0.1, 0.15) is 16.3 Å². The van der Waals surface area contributed by atoms with E-state index in [1.165, 1.54) is 11.3 Å². The van der Waals surface area contributed by atoms with Gasteiger partial charge in [0.2, 0.25) is 0 Å². The van der Waals surface area contributed by atoms with Crippen LogP contribution in [0.1, 0.15) is 37.0 Å². The molecule has 22 heavy (non-hydrogen) atoms. The zero-order chi connectivity index (χ0) is 15.9. The number of thiophene rings is 1. The molecule has 0 amide bonds. The second-order valence-electron chi connectivity index (χ2n) is 4.90. The molecule has 4 nitrogen and oxygen atoms in total. The van der Waals surface area contributed by atoms with Crippen molar-refractivity contribution in [1.82, 2.24) is 0 Å². The van der Waals surface area contributed by atoms with Gasteiger partial charge in [-0.05, 0) is 30.5 Å². The molecule has 0 radical (unpaired) electrons. The minimum atomic E-state index is -0.359. The van der Waals surface area contributed by atoms with E-state index in [-0.39, 0.29) is 5.97 Å². The zero-order valence-electron chi connectivity index (χ0n) is 12.9. The van der Waals surface area contributed by atoms with Crippen LogP contribution >= 0.6 is 11.3 Å². The highest BCUT2D eigenvalue weighted by Crippen LogP contribution is 2.34. The van der Waals surface area contributed by atoms with Crippen LogP contribution < -0.4 is 10.5 Å². The topological polar surface area (TPSA) is 61.5 Å². The number of hydrogen-bond acceptors (Lipinski definition) is 5. The van der Waals surface area contributed by atoms with Crippen molar-refractivity contribution < 1.29 is 14.3 Å². The third-order valence-corrected chi connectivity index (χ3v) is 3.91. The summed E-state index contributed by atoms with van der Waals surface area (Å²) in [5.41, 5.74) is 8.14. The number of nitrogen functional groups attached to an aromatic ring is 1. The Balaban J connectivity index is 2.23. The van der Waals surface area contributed by atoms with Gasteiger partial charge in [-0.3, -0.25) is 0 Å².